The molecule has 2 rings (SSSR count). The molecule has 0 spiro atoms. The lowest BCUT2D eigenvalue weighted by Gasteiger charge is -2.30. The van der Waals surface area contributed by atoms with E-state index in [0.29, 0.717) is 21.7 Å². The number of nitrogens with one attached hydrogen (secondary N) is 1. The summed E-state index contributed by atoms with van der Waals surface area (Å²) in [6.45, 7) is 1.94. The minimum atomic E-state index is -0.605. The van der Waals surface area contributed by atoms with Crippen molar-refractivity contribution in [1.82, 2.24) is 10.2 Å². The number of halogens is 2. The van der Waals surface area contributed by atoms with Crippen LogP contribution < -0.4 is 14.8 Å². The lowest BCUT2D eigenvalue weighted by atomic mass is 10.1. The number of nitrogens with zero attached hydrogens (tertiary/aromatic N) is 1. The molecule has 1 N–H and O–H groups in total. The molecule has 2 aromatic rings. The third-order valence-corrected chi connectivity index (χ3v) is 5.24. The Morgan fingerprint density at radius 2 is 1.90 bits per heavy atom. The van der Waals surface area contributed by atoms with Crippen molar-refractivity contribution in [1.29, 1.82) is 0 Å². The van der Waals surface area contributed by atoms with Crippen molar-refractivity contribution < 1.29 is 19.1 Å². The molecule has 1 atom stereocenters. The van der Waals surface area contributed by atoms with Crippen LogP contribution in [0, 0.1) is 0 Å². The molecule has 0 saturated heterocycles. The van der Waals surface area contributed by atoms with Crippen molar-refractivity contribution >= 4 is 39.3 Å². The summed E-state index contributed by atoms with van der Waals surface area (Å²) in [5, 5.41) is 3.19. The third kappa shape index (κ3) is 6.37. The first-order valence-electron chi connectivity index (χ1n) is 9.11. The Labute approximate surface area is 184 Å². The molecule has 29 heavy (non-hydrogen) atoms. The molecule has 2 aromatic carbocycles. The van der Waals surface area contributed by atoms with Crippen molar-refractivity contribution in [3.63, 3.8) is 0 Å². The van der Waals surface area contributed by atoms with E-state index in [1.54, 1.807) is 32.4 Å². The van der Waals surface area contributed by atoms with Crippen molar-refractivity contribution in [2.24, 2.45) is 0 Å². The number of benzene rings is 2. The molecular weight excluding hydrogens is 460 g/mol. The molecular formula is C21H24BrClN2O4. The predicted octanol–water partition coefficient (Wildman–Crippen LogP) is 4.04. The molecule has 0 aliphatic carbocycles. The number of hydrogen-bond donors (Lipinski definition) is 1. The van der Waals surface area contributed by atoms with Crippen LogP contribution in [0.4, 0.5) is 0 Å². The molecule has 0 aromatic heterocycles. The Morgan fingerprint density at radius 3 is 2.45 bits per heavy atom. The van der Waals surface area contributed by atoms with Crippen molar-refractivity contribution in [2.75, 3.05) is 20.8 Å². The van der Waals surface area contributed by atoms with Gasteiger partial charge in [-0.3, -0.25) is 9.59 Å². The highest BCUT2D eigenvalue weighted by Gasteiger charge is 2.28. The summed E-state index contributed by atoms with van der Waals surface area (Å²) in [6.07, 6.45) is 0.478. The van der Waals surface area contributed by atoms with Crippen LogP contribution in [-0.2, 0) is 16.1 Å². The molecule has 0 radical (unpaired) electrons. The van der Waals surface area contributed by atoms with Gasteiger partial charge in [-0.2, -0.15) is 0 Å². The number of rotatable bonds is 9. The fourth-order valence-corrected chi connectivity index (χ4v) is 3.63. The first-order chi connectivity index (χ1) is 13.9. The van der Waals surface area contributed by atoms with Gasteiger partial charge < -0.3 is 19.7 Å². The van der Waals surface area contributed by atoms with Crippen molar-refractivity contribution in [3.05, 3.63) is 57.5 Å². The highest BCUT2D eigenvalue weighted by atomic mass is 79.9. The molecule has 0 unspecified atom stereocenters. The number of amides is 2. The first-order valence-corrected chi connectivity index (χ1v) is 10.3. The molecule has 8 heteroatoms. The summed E-state index contributed by atoms with van der Waals surface area (Å²) in [7, 11) is 3.15. The maximum absolute atomic E-state index is 13.0. The van der Waals surface area contributed by atoms with E-state index in [-0.39, 0.29) is 25.0 Å². The van der Waals surface area contributed by atoms with Crippen LogP contribution >= 0.6 is 27.5 Å². The molecule has 0 bridgehead atoms. The molecule has 0 aliphatic rings. The molecule has 0 saturated carbocycles. The number of hydrogen-bond acceptors (Lipinski definition) is 4. The molecule has 6 nitrogen and oxygen atoms in total. The quantitative estimate of drug-likeness (QED) is 0.584. The summed E-state index contributed by atoms with van der Waals surface area (Å²) < 4.78 is 11.5. The largest absolute Gasteiger partial charge is 0.497 e. The molecule has 0 heterocycles. The zero-order valence-corrected chi connectivity index (χ0v) is 18.9. The number of ether oxygens (including phenoxy) is 2. The van der Waals surface area contributed by atoms with Gasteiger partial charge in [-0.1, -0.05) is 30.7 Å². The molecule has 0 fully saturated rings. The van der Waals surface area contributed by atoms with Gasteiger partial charge in [-0.05, 0) is 58.2 Å². The Hall–Kier alpha value is -2.25. The second kappa shape index (κ2) is 11.1. The number of carbonyl (C=O) groups excluding carboxylic acids is 2. The zero-order chi connectivity index (χ0) is 21.4. The van der Waals surface area contributed by atoms with Gasteiger partial charge in [0.1, 0.15) is 17.5 Å². The van der Waals surface area contributed by atoms with Gasteiger partial charge in [-0.25, -0.2) is 0 Å². The minimum absolute atomic E-state index is 0.204. The predicted molar refractivity (Wildman–Crippen MR) is 116 cm³/mol. The van der Waals surface area contributed by atoms with Gasteiger partial charge in [0.25, 0.3) is 5.91 Å². The summed E-state index contributed by atoms with van der Waals surface area (Å²) in [4.78, 5) is 26.9. The van der Waals surface area contributed by atoms with Crippen LogP contribution in [0.5, 0.6) is 11.5 Å². The summed E-state index contributed by atoms with van der Waals surface area (Å²) >= 11 is 9.31. The lowest BCUT2D eigenvalue weighted by Crippen LogP contribution is -2.49. The summed E-state index contributed by atoms with van der Waals surface area (Å²) in [5.74, 6) is 0.709. The average molecular weight is 484 g/mol. The second-order valence-corrected chi connectivity index (χ2v) is 7.56. The van der Waals surface area contributed by atoms with Crippen LogP contribution in [0.1, 0.15) is 18.9 Å². The molecule has 156 valence electrons. The van der Waals surface area contributed by atoms with Crippen LogP contribution in [0.25, 0.3) is 0 Å². The SMILES string of the molecule is CC[C@@H](C(=O)NC)N(Cc1ccc(OC)cc1)C(=O)COc1ccc(Cl)cc1Br. The molecule has 0 aliphatic heterocycles. The third-order valence-electron chi connectivity index (χ3n) is 4.39. The fourth-order valence-electron chi connectivity index (χ4n) is 2.83. The first kappa shape index (κ1) is 23.0. The number of carbonyl (C=O) groups is 2. The Kier molecular flexibility index (Phi) is 8.79. The highest BCUT2D eigenvalue weighted by molar-refractivity contribution is 9.10. The van der Waals surface area contributed by atoms with Gasteiger partial charge in [0.15, 0.2) is 6.61 Å². The van der Waals surface area contributed by atoms with Gasteiger partial charge >= 0.3 is 0 Å². The normalized spacial score (nSPS) is 11.5. The van der Waals surface area contributed by atoms with E-state index in [4.69, 9.17) is 21.1 Å². The molecule has 2 amide bonds. The number of likely N-dealkylation sites (N-methyl/N-ethyl adjacent to an activating group) is 1. The van der Waals surface area contributed by atoms with Crippen LogP contribution in [-0.4, -0.2) is 43.5 Å². The fraction of sp³-hybridized carbons (Fsp3) is 0.333. The Balaban J connectivity index is 2.19. The highest BCUT2D eigenvalue weighted by Crippen LogP contribution is 2.28. The average Bonchev–Trinajstić information content (AvgIpc) is 2.73. The van der Waals surface area contributed by atoms with Gasteiger partial charge in [0.05, 0.1) is 11.6 Å². The van der Waals surface area contributed by atoms with Crippen molar-refractivity contribution in [3.8, 4) is 11.5 Å². The van der Waals surface area contributed by atoms with Gasteiger partial charge in [0, 0.05) is 18.6 Å². The monoisotopic (exact) mass is 482 g/mol. The van der Waals surface area contributed by atoms with Crippen LogP contribution in [0.3, 0.4) is 0 Å². The van der Waals surface area contributed by atoms with E-state index >= 15 is 0 Å². The lowest BCUT2D eigenvalue weighted by molar-refractivity contribution is -0.142. The van der Waals surface area contributed by atoms with E-state index in [0.717, 1.165) is 11.3 Å². The second-order valence-electron chi connectivity index (χ2n) is 6.27. The maximum atomic E-state index is 13.0. The minimum Gasteiger partial charge on any atom is -0.497 e. The van der Waals surface area contributed by atoms with Crippen LogP contribution in [0.2, 0.25) is 5.02 Å². The Morgan fingerprint density at radius 1 is 1.21 bits per heavy atom. The van der Waals surface area contributed by atoms with E-state index in [1.807, 2.05) is 31.2 Å². The summed E-state index contributed by atoms with van der Waals surface area (Å²) in [6, 6.07) is 11.8. The number of methoxy groups -OCH3 is 1. The van der Waals surface area contributed by atoms with E-state index < -0.39 is 6.04 Å². The van der Waals surface area contributed by atoms with Gasteiger partial charge in [-0.15, -0.1) is 0 Å². The summed E-state index contributed by atoms with van der Waals surface area (Å²) in [5.41, 5.74) is 0.883. The zero-order valence-electron chi connectivity index (χ0n) is 16.6. The van der Waals surface area contributed by atoms with Crippen molar-refractivity contribution in [2.45, 2.75) is 25.9 Å². The topological polar surface area (TPSA) is 67.9 Å². The standard InChI is InChI=1S/C21H24BrClN2O4/c1-4-18(21(27)24-2)25(12-14-5-8-16(28-3)9-6-14)20(26)13-29-19-10-7-15(23)11-17(19)22/h5-11,18H,4,12-13H2,1-3H3,(H,24,27)/t18-/m0/s1. The van der Waals surface area contributed by atoms with E-state index in [2.05, 4.69) is 21.2 Å². The Bertz CT molecular complexity index is 845. The smallest absolute Gasteiger partial charge is 0.261 e. The van der Waals surface area contributed by atoms with Gasteiger partial charge in [0.2, 0.25) is 5.91 Å². The van der Waals surface area contributed by atoms with Crippen LogP contribution in [0.15, 0.2) is 46.9 Å². The maximum Gasteiger partial charge on any atom is 0.261 e. The van der Waals surface area contributed by atoms with E-state index in [1.165, 1.54) is 4.90 Å². The van der Waals surface area contributed by atoms with E-state index in [9.17, 15) is 9.59 Å².